The van der Waals surface area contributed by atoms with Crippen molar-refractivity contribution in [2.75, 3.05) is 7.11 Å². The number of ether oxygens (including phenoxy) is 1. The molecule has 0 spiro atoms. The van der Waals surface area contributed by atoms with Crippen LogP contribution in [0.2, 0.25) is 0 Å². The van der Waals surface area contributed by atoms with Gasteiger partial charge < -0.3 is 14.6 Å². The van der Waals surface area contributed by atoms with Crippen LogP contribution in [0.3, 0.4) is 0 Å². The van der Waals surface area contributed by atoms with E-state index in [-0.39, 0.29) is 11.9 Å². The second-order valence-corrected chi connectivity index (χ2v) is 5.54. The number of esters is 1. The average molecular weight is 322 g/mol. The van der Waals surface area contributed by atoms with E-state index in [1.54, 1.807) is 24.3 Å². The topological polar surface area (TPSA) is 60.3 Å². The molecule has 1 N–H and O–H groups in total. The van der Waals surface area contributed by atoms with Crippen LogP contribution in [0.25, 0.3) is 10.9 Å². The minimum atomic E-state index is -0.374. The lowest BCUT2D eigenvalue weighted by Gasteiger charge is -2.06. The van der Waals surface area contributed by atoms with E-state index >= 15 is 0 Å². The van der Waals surface area contributed by atoms with Crippen molar-refractivity contribution in [3.05, 3.63) is 71.4 Å². The highest BCUT2D eigenvalue weighted by molar-refractivity contribution is 6.06. The smallest absolute Gasteiger partial charge is 0.337 e. The Hall–Kier alpha value is -3.08. The van der Waals surface area contributed by atoms with Crippen molar-refractivity contribution in [3.63, 3.8) is 0 Å². The lowest BCUT2D eigenvalue weighted by atomic mass is 10.1. The van der Waals surface area contributed by atoms with Gasteiger partial charge in [0.25, 0.3) is 5.91 Å². The number of carbonyl (C=O) groups is 2. The van der Waals surface area contributed by atoms with Gasteiger partial charge in [0.15, 0.2) is 0 Å². The van der Waals surface area contributed by atoms with Crippen molar-refractivity contribution in [3.8, 4) is 0 Å². The molecule has 0 aliphatic rings. The molecule has 0 saturated carbocycles. The van der Waals surface area contributed by atoms with Crippen molar-refractivity contribution in [1.29, 1.82) is 0 Å². The molecule has 3 rings (SSSR count). The second-order valence-electron chi connectivity index (χ2n) is 5.54. The maximum absolute atomic E-state index is 12.5. The summed E-state index contributed by atoms with van der Waals surface area (Å²) in [6, 6.07) is 14.8. The van der Waals surface area contributed by atoms with Gasteiger partial charge in [-0.25, -0.2) is 4.79 Å². The lowest BCUT2D eigenvalue weighted by Crippen LogP contribution is -2.22. The lowest BCUT2D eigenvalue weighted by molar-refractivity contribution is 0.0600. The molecule has 24 heavy (non-hydrogen) atoms. The van der Waals surface area contributed by atoms with Gasteiger partial charge in [-0.05, 0) is 23.8 Å². The SMILES string of the molecule is COC(=O)c1ccc(CNC(=O)c2cn(C)c3ccccc23)cc1. The fourth-order valence-corrected chi connectivity index (χ4v) is 2.68. The molecule has 5 nitrogen and oxygen atoms in total. The number of aryl methyl sites for hydroxylation is 1. The van der Waals surface area contributed by atoms with E-state index in [0.717, 1.165) is 16.5 Å². The molecule has 0 aliphatic carbocycles. The van der Waals surface area contributed by atoms with E-state index in [2.05, 4.69) is 10.1 Å². The van der Waals surface area contributed by atoms with Crippen molar-refractivity contribution in [1.82, 2.24) is 9.88 Å². The first-order valence-electron chi connectivity index (χ1n) is 7.59. The molecule has 0 bridgehead atoms. The minimum absolute atomic E-state index is 0.121. The molecule has 2 aromatic carbocycles. The monoisotopic (exact) mass is 322 g/mol. The van der Waals surface area contributed by atoms with E-state index in [4.69, 9.17) is 0 Å². The van der Waals surface area contributed by atoms with E-state index < -0.39 is 0 Å². The van der Waals surface area contributed by atoms with Crippen molar-refractivity contribution < 1.29 is 14.3 Å². The number of fused-ring (bicyclic) bond motifs is 1. The van der Waals surface area contributed by atoms with Crippen LogP contribution in [0.4, 0.5) is 0 Å². The van der Waals surface area contributed by atoms with Crippen LogP contribution in [0.5, 0.6) is 0 Å². The number of nitrogens with one attached hydrogen (secondary N) is 1. The predicted octanol–water partition coefficient (Wildman–Crippen LogP) is 2.89. The highest BCUT2D eigenvalue weighted by Gasteiger charge is 2.13. The molecule has 122 valence electrons. The average Bonchev–Trinajstić information content (AvgIpc) is 2.97. The zero-order valence-corrected chi connectivity index (χ0v) is 13.6. The Morgan fingerprint density at radius 2 is 1.79 bits per heavy atom. The van der Waals surface area contributed by atoms with Crippen molar-refractivity contribution >= 4 is 22.8 Å². The highest BCUT2D eigenvalue weighted by atomic mass is 16.5. The van der Waals surface area contributed by atoms with Gasteiger partial charge in [0, 0.05) is 30.7 Å². The van der Waals surface area contributed by atoms with Crippen LogP contribution in [0.15, 0.2) is 54.7 Å². The zero-order chi connectivity index (χ0) is 17.1. The van der Waals surface area contributed by atoms with Gasteiger partial charge in [-0.3, -0.25) is 4.79 Å². The third kappa shape index (κ3) is 3.01. The van der Waals surface area contributed by atoms with Gasteiger partial charge >= 0.3 is 5.97 Å². The Balaban J connectivity index is 1.72. The second kappa shape index (κ2) is 6.58. The molecule has 0 aliphatic heterocycles. The predicted molar refractivity (Wildman–Crippen MR) is 91.9 cm³/mol. The third-order valence-corrected chi connectivity index (χ3v) is 3.97. The van der Waals surface area contributed by atoms with Gasteiger partial charge in [-0.2, -0.15) is 0 Å². The molecular formula is C19H18N2O3. The number of methoxy groups -OCH3 is 1. The maximum atomic E-state index is 12.5. The molecule has 0 radical (unpaired) electrons. The van der Waals surface area contributed by atoms with Crippen molar-refractivity contribution in [2.24, 2.45) is 7.05 Å². The standard InChI is InChI=1S/C19H18N2O3/c1-21-12-16(15-5-3-4-6-17(15)21)18(22)20-11-13-7-9-14(10-8-13)19(23)24-2/h3-10,12H,11H2,1-2H3,(H,20,22). The first-order chi connectivity index (χ1) is 11.6. The number of hydrogen-bond donors (Lipinski definition) is 1. The first-order valence-corrected chi connectivity index (χ1v) is 7.59. The Bertz CT molecular complexity index is 895. The summed E-state index contributed by atoms with van der Waals surface area (Å²) in [5.41, 5.74) is 3.07. The van der Waals surface area contributed by atoms with Crippen LogP contribution in [0.1, 0.15) is 26.3 Å². The van der Waals surface area contributed by atoms with Crippen LogP contribution in [-0.2, 0) is 18.3 Å². The van der Waals surface area contributed by atoms with Crippen LogP contribution >= 0.6 is 0 Å². The molecule has 1 heterocycles. The minimum Gasteiger partial charge on any atom is -0.465 e. The number of amides is 1. The number of para-hydroxylation sites is 1. The van der Waals surface area contributed by atoms with Crippen LogP contribution < -0.4 is 5.32 Å². The Morgan fingerprint density at radius 1 is 1.08 bits per heavy atom. The van der Waals surface area contributed by atoms with E-state index in [1.165, 1.54) is 7.11 Å². The van der Waals surface area contributed by atoms with Crippen LogP contribution in [-0.4, -0.2) is 23.6 Å². The quantitative estimate of drug-likeness (QED) is 0.751. The summed E-state index contributed by atoms with van der Waals surface area (Å²) in [5, 5.41) is 3.84. The molecule has 3 aromatic rings. The number of hydrogen-bond acceptors (Lipinski definition) is 3. The summed E-state index contributed by atoms with van der Waals surface area (Å²) in [7, 11) is 3.27. The Kier molecular flexibility index (Phi) is 4.33. The number of carbonyl (C=O) groups excluding carboxylic acids is 2. The Labute approximate surface area is 139 Å². The maximum Gasteiger partial charge on any atom is 0.337 e. The summed E-state index contributed by atoms with van der Waals surface area (Å²) in [6.45, 7) is 0.392. The highest BCUT2D eigenvalue weighted by Crippen LogP contribution is 2.20. The van der Waals surface area contributed by atoms with Gasteiger partial charge in [0.1, 0.15) is 0 Å². The molecule has 1 amide bonds. The molecule has 5 heteroatoms. The van der Waals surface area contributed by atoms with E-state index in [1.807, 2.05) is 42.1 Å². The van der Waals surface area contributed by atoms with Crippen LogP contribution in [0, 0.1) is 0 Å². The Morgan fingerprint density at radius 3 is 2.50 bits per heavy atom. The van der Waals surface area contributed by atoms with Gasteiger partial charge in [-0.15, -0.1) is 0 Å². The van der Waals surface area contributed by atoms with E-state index in [9.17, 15) is 9.59 Å². The summed E-state index contributed by atoms with van der Waals surface area (Å²) < 4.78 is 6.60. The summed E-state index contributed by atoms with van der Waals surface area (Å²) in [6.07, 6.45) is 1.83. The number of rotatable bonds is 4. The van der Waals surface area contributed by atoms with Gasteiger partial charge in [-0.1, -0.05) is 30.3 Å². The normalized spacial score (nSPS) is 10.6. The third-order valence-electron chi connectivity index (χ3n) is 3.97. The molecule has 0 atom stereocenters. The summed E-state index contributed by atoms with van der Waals surface area (Å²) in [4.78, 5) is 23.9. The zero-order valence-electron chi connectivity index (χ0n) is 13.6. The first kappa shape index (κ1) is 15.8. The summed E-state index contributed by atoms with van der Waals surface area (Å²) >= 11 is 0. The largest absolute Gasteiger partial charge is 0.465 e. The van der Waals surface area contributed by atoms with Gasteiger partial charge in [0.05, 0.1) is 18.2 Å². The number of nitrogens with zero attached hydrogens (tertiary/aromatic N) is 1. The summed E-state index contributed by atoms with van der Waals surface area (Å²) in [5.74, 6) is -0.495. The molecule has 0 unspecified atom stereocenters. The molecule has 1 aromatic heterocycles. The molecule has 0 saturated heterocycles. The number of aromatic nitrogens is 1. The fourth-order valence-electron chi connectivity index (χ4n) is 2.68. The molecular weight excluding hydrogens is 304 g/mol. The molecule has 0 fully saturated rings. The fraction of sp³-hybridized carbons (Fsp3) is 0.158. The van der Waals surface area contributed by atoms with E-state index in [0.29, 0.717) is 17.7 Å². The number of benzene rings is 2. The van der Waals surface area contributed by atoms with Crippen molar-refractivity contribution in [2.45, 2.75) is 6.54 Å². The van der Waals surface area contributed by atoms with Gasteiger partial charge in [0.2, 0.25) is 0 Å².